The first-order valence-corrected chi connectivity index (χ1v) is 2.76. The Morgan fingerprint density at radius 2 is 2.50 bits per heavy atom. The topological polar surface area (TPSA) is 86.9 Å². The van der Waals surface area contributed by atoms with E-state index in [9.17, 15) is 4.79 Å². The Morgan fingerprint density at radius 1 is 1.80 bits per heavy atom. The van der Waals surface area contributed by atoms with Gasteiger partial charge in [-0.25, -0.2) is 4.68 Å². The molecule has 0 fully saturated rings. The van der Waals surface area contributed by atoms with E-state index in [0.29, 0.717) is 5.82 Å². The molecule has 0 bridgehead atoms. The van der Waals surface area contributed by atoms with E-state index < -0.39 is 5.91 Å². The molecule has 0 radical (unpaired) electrons. The van der Waals surface area contributed by atoms with Crippen molar-refractivity contribution in [3.8, 4) is 0 Å². The third-order valence-corrected chi connectivity index (χ3v) is 1.05. The van der Waals surface area contributed by atoms with Crippen molar-refractivity contribution in [1.29, 1.82) is 0 Å². The molecule has 4 N–H and O–H groups in total. The first-order chi connectivity index (χ1) is 4.70. The zero-order valence-electron chi connectivity index (χ0n) is 5.32. The van der Waals surface area contributed by atoms with Crippen LogP contribution in [0, 0.1) is 0 Å². The Kier molecular flexibility index (Phi) is 1.57. The van der Waals surface area contributed by atoms with Crippen molar-refractivity contribution in [2.24, 2.45) is 5.73 Å². The van der Waals surface area contributed by atoms with Crippen LogP contribution in [0.4, 0.5) is 5.82 Å². The second-order valence-electron chi connectivity index (χ2n) is 1.88. The molecule has 0 aromatic carbocycles. The van der Waals surface area contributed by atoms with Crippen LogP contribution in [0.25, 0.3) is 0 Å². The maximum absolute atomic E-state index is 10.3. The fourth-order valence-electron chi connectivity index (χ4n) is 0.623. The number of nitrogens with zero attached hydrogens (tertiary/aromatic N) is 2. The highest BCUT2D eigenvalue weighted by molar-refractivity contribution is 5.73. The summed E-state index contributed by atoms with van der Waals surface area (Å²) < 4.78 is 1.34. The fraction of sp³-hybridized carbons (Fsp3) is 0.200. The van der Waals surface area contributed by atoms with Crippen molar-refractivity contribution >= 4 is 11.7 Å². The number of nitrogen functional groups attached to an aromatic ring is 1. The highest BCUT2D eigenvalue weighted by Crippen LogP contribution is 1.97. The minimum absolute atomic E-state index is 0.0405. The summed E-state index contributed by atoms with van der Waals surface area (Å²) in [4.78, 5) is 10.3. The molecule has 1 aromatic rings. The lowest BCUT2D eigenvalue weighted by Gasteiger charge is -1.97. The number of amides is 1. The quantitative estimate of drug-likeness (QED) is 0.549. The molecule has 54 valence electrons. The molecular formula is C5H8N4O. The van der Waals surface area contributed by atoms with Crippen LogP contribution in [-0.4, -0.2) is 15.7 Å². The van der Waals surface area contributed by atoms with Gasteiger partial charge in [-0.1, -0.05) is 0 Å². The average Bonchev–Trinajstić information content (AvgIpc) is 2.15. The first-order valence-electron chi connectivity index (χ1n) is 2.76. The SMILES string of the molecule is NC(=O)Cn1nccc1N. The molecule has 1 aromatic heterocycles. The Labute approximate surface area is 57.6 Å². The summed E-state index contributed by atoms with van der Waals surface area (Å²) in [6.07, 6.45) is 1.51. The van der Waals surface area contributed by atoms with E-state index >= 15 is 0 Å². The lowest BCUT2D eigenvalue weighted by Crippen LogP contribution is -2.20. The largest absolute Gasteiger partial charge is 0.384 e. The molecule has 0 atom stereocenters. The van der Waals surface area contributed by atoms with E-state index in [-0.39, 0.29) is 6.54 Å². The average molecular weight is 140 g/mol. The smallest absolute Gasteiger partial charge is 0.239 e. The van der Waals surface area contributed by atoms with Crippen molar-refractivity contribution in [2.75, 3.05) is 5.73 Å². The van der Waals surface area contributed by atoms with Gasteiger partial charge in [0.05, 0.1) is 6.20 Å². The molecule has 0 aliphatic carbocycles. The molecule has 0 saturated carbocycles. The third kappa shape index (κ3) is 1.25. The van der Waals surface area contributed by atoms with Crippen molar-refractivity contribution < 1.29 is 4.79 Å². The van der Waals surface area contributed by atoms with Crippen LogP contribution in [0.3, 0.4) is 0 Å². The van der Waals surface area contributed by atoms with Gasteiger partial charge in [0, 0.05) is 0 Å². The molecule has 10 heavy (non-hydrogen) atoms. The number of hydrogen-bond donors (Lipinski definition) is 2. The zero-order chi connectivity index (χ0) is 7.56. The monoisotopic (exact) mass is 140 g/mol. The highest BCUT2D eigenvalue weighted by atomic mass is 16.1. The summed E-state index contributed by atoms with van der Waals surface area (Å²) in [7, 11) is 0. The summed E-state index contributed by atoms with van der Waals surface area (Å²) in [5, 5.41) is 3.75. The maximum atomic E-state index is 10.3. The van der Waals surface area contributed by atoms with Gasteiger partial charge in [0.25, 0.3) is 0 Å². The molecule has 5 nitrogen and oxygen atoms in total. The minimum Gasteiger partial charge on any atom is -0.384 e. The summed E-state index contributed by atoms with van der Waals surface area (Å²) in [6, 6.07) is 1.60. The molecule has 0 aliphatic rings. The Hall–Kier alpha value is -1.52. The van der Waals surface area contributed by atoms with Gasteiger partial charge >= 0.3 is 0 Å². The van der Waals surface area contributed by atoms with Crippen LogP contribution >= 0.6 is 0 Å². The predicted molar refractivity (Wildman–Crippen MR) is 35.8 cm³/mol. The normalized spacial score (nSPS) is 9.60. The van der Waals surface area contributed by atoms with E-state index in [1.54, 1.807) is 6.07 Å². The van der Waals surface area contributed by atoms with Gasteiger partial charge in [-0.15, -0.1) is 0 Å². The van der Waals surface area contributed by atoms with Crippen LogP contribution < -0.4 is 11.5 Å². The van der Waals surface area contributed by atoms with Gasteiger partial charge in [0.15, 0.2) is 0 Å². The molecule has 5 heteroatoms. The molecule has 0 unspecified atom stereocenters. The number of nitrogens with two attached hydrogens (primary N) is 2. The second-order valence-corrected chi connectivity index (χ2v) is 1.88. The number of rotatable bonds is 2. The highest BCUT2D eigenvalue weighted by Gasteiger charge is 1.99. The van der Waals surface area contributed by atoms with E-state index in [4.69, 9.17) is 11.5 Å². The zero-order valence-corrected chi connectivity index (χ0v) is 5.32. The van der Waals surface area contributed by atoms with Crippen molar-refractivity contribution in [3.05, 3.63) is 12.3 Å². The van der Waals surface area contributed by atoms with Gasteiger partial charge in [-0.2, -0.15) is 5.10 Å². The standard InChI is InChI=1S/C5H8N4O/c6-4-1-2-8-9(4)3-5(7)10/h1-2H,3,6H2,(H2,7,10). The molecule has 1 rings (SSSR count). The summed E-state index contributed by atoms with van der Waals surface area (Å²) in [5.41, 5.74) is 10.3. The minimum atomic E-state index is -0.449. The Balaban J connectivity index is 2.74. The second kappa shape index (κ2) is 2.38. The van der Waals surface area contributed by atoms with Gasteiger partial charge in [0.2, 0.25) is 5.91 Å². The lowest BCUT2D eigenvalue weighted by atomic mass is 10.6. The molecular weight excluding hydrogens is 132 g/mol. The summed E-state index contributed by atoms with van der Waals surface area (Å²) in [5.74, 6) is -0.00537. The number of primary amides is 1. The van der Waals surface area contributed by atoms with E-state index in [1.807, 2.05) is 0 Å². The van der Waals surface area contributed by atoms with Crippen molar-refractivity contribution in [1.82, 2.24) is 9.78 Å². The maximum Gasteiger partial charge on any atom is 0.239 e. The fourth-order valence-corrected chi connectivity index (χ4v) is 0.623. The number of carbonyl (C=O) groups excluding carboxylic acids is 1. The van der Waals surface area contributed by atoms with Gasteiger partial charge in [-0.3, -0.25) is 4.79 Å². The summed E-state index contributed by atoms with van der Waals surface area (Å²) >= 11 is 0. The van der Waals surface area contributed by atoms with Crippen LogP contribution in [-0.2, 0) is 11.3 Å². The molecule has 0 aliphatic heterocycles. The van der Waals surface area contributed by atoms with Gasteiger partial charge in [-0.05, 0) is 6.07 Å². The lowest BCUT2D eigenvalue weighted by molar-refractivity contribution is -0.118. The van der Waals surface area contributed by atoms with Crippen LogP contribution in [0.5, 0.6) is 0 Å². The molecule has 1 amide bonds. The van der Waals surface area contributed by atoms with Crippen molar-refractivity contribution in [2.45, 2.75) is 6.54 Å². The Bertz CT molecular complexity index is 242. The van der Waals surface area contributed by atoms with Crippen LogP contribution in [0.15, 0.2) is 12.3 Å². The number of carbonyl (C=O) groups is 1. The number of hydrogen-bond acceptors (Lipinski definition) is 3. The molecule has 1 heterocycles. The first kappa shape index (κ1) is 6.60. The van der Waals surface area contributed by atoms with Gasteiger partial charge in [0.1, 0.15) is 12.4 Å². The Morgan fingerprint density at radius 3 is 2.90 bits per heavy atom. The van der Waals surface area contributed by atoms with E-state index in [1.165, 1.54) is 10.9 Å². The van der Waals surface area contributed by atoms with Crippen molar-refractivity contribution in [3.63, 3.8) is 0 Å². The summed E-state index contributed by atoms with van der Waals surface area (Å²) in [6.45, 7) is 0.0405. The van der Waals surface area contributed by atoms with Crippen LogP contribution in [0.1, 0.15) is 0 Å². The van der Waals surface area contributed by atoms with Gasteiger partial charge < -0.3 is 11.5 Å². The number of aromatic nitrogens is 2. The third-order valence-electron chi connectivity index (χ3n) is 1.05. The van der Waals surface area contributed by atoms with Crippen LogP contribution in [0.2, 0.25) is 0 Å². The number of anilines is 1. The van der Waals surface area contributed by atoms with E-state index in [2.05, 4.69) is 5.10 Å². The predicted octanol–water partition coefficient (Wildman–Crippen LogP) is -1.05. The molecule has 0 saturated heterocycles. The molecule has 0 spiro atoms. The van der Waals surface area contributed by atoms with E-state index in [0.717, 1.165) is 0 Å².